The van der Waals surface area contributed by atoms with Crippen molar-refractivity contribution < 1.29 is 0 Å². The van der Waals surface area contributed by atoms with Crippen LogP contribution in [0.15, 0.2) is 6.20 Å². The molecule has 2 aromatic rings. The predicted molar refractivity (Wildman–Crippen MR) is 75.8 cm³/mol. The summed E-state index contributed by atoms with van der Waals surface area (Å²) in [6, 6.07) is 0.482. The normalized spacial score (nSPS) is 23.6. The number of H-pyrrole nitrogens is 1. The number of rotatable bonds is 3. The Morgan fingerprint density at radius 1 is 1.32 bits per heavy atom. The van der Waals surface area contributed by atoms with Gasteiger partial charge < -0.3 is 11.1 Å². The van der Waals surface area contributed by atoms with Gasteiger partial charge in [0, 0.05) is 6.04 Å². The van der Waals surface area contributed by atoms with E-state index in [1.807, 2.05) is 0 Å². The van der Waals surface area contributed by atoms with Gasteiger partial charge in [-0.2, -0.15) is 15.1 Å². The van der Waals surface area contributed by atoms with E-state index >= 15 is 0 Å². The molecule has 102 valence electrons. The third-order valence-electron chi connectivity index (χ3n) is 4.09. The van der Waals surface area contributed by atoms with Crippen LogP contribution in [0.1, 0.15) is 39.0 Å². The Labute approximate surface area is 112 Å². The molecule has 1 saturated carbocycles. The van der Waals surface area contributed by atoms with Gasteiger partial charge in [-0.1, -0.05) is 13.3 Å². The predicted octanol–water partition coefficient (Wildman–Crippen LogP) is 2.32. The highest BCUT2D eigenvalue weighted by Gasteiger charge is 2.21. The second-order valence-electron chi connectivity index (χ2n) is 5.33. The first-order valence-electron chi connectivity index (χ1n) is 6.99. The van der Waals surface area contributed by atoms with E-state index in [1.54, 1.807) is 6.20 Å². The summed E-state index contributed by atoms with van der Waals surface area (Å²) in [5.41, 5.74) is 6.41. The van der Waals surface area contributed by atoms with Crippen LogP contribution >= 0.6 is 0 Å². The van der Waals surface area contributed by atoms with E-state index in [2.05, 4.69) is 32.4 Å². The number of anilines is 2. The van der Waals surface area contributed by atoms with Crippen LogP contribution in [0.25, 0.3) is 11.0 Å². The zero-order valence-corrected chi connectivity index (χ0v) is 11.2. The molecule has 3 rings (SSSR count). The summed E-state index contributed by atoms with van der Waals surface area (Å²) in [5, 5.41) is 11.2. The molecular weight excluding hydrogens is 240 g/mol. The zero-order valence-electron chi connectivity index (χ0n) is 11.2. The molecule has 0 bridgehead atoms. The number of hydrogen-bond acceptors (Lipinski definition) is 5. The number of nitrogens with one attached hydrogen (secondary N) is 2. The Kier molecular flexibility index (Phi) is 3.23. The van der Waals surface area contributed by atoms with E-state index in [1.165, 1.54) is 32.1 Å². The quantitative estimate of drug-likeness (QED) is 0.787. The lowest BCUT2D eigenvalue weighted by Gasteiger charge is -2.28. The van der Waals surface area contributed by atoms with Crippen LogP contribution in [-0.4, -0.2) is 26.2 Å². The summed E-state index contributed by atoms with van der Waals surface area (Å²) in [6.07, 6.45) is 8.02. The maximum absolute atomic E-state index is 5.72. The van der Waals surface area contributed by atoms with Gasteiger partial charge in [0.1, 0.15) is 5.82 Å². The SMILES string of the molecule is CCC1CCC(Nc2nc(N)nc3[nH]ncc23)CC1. The van der Waals surface area contributed by atoms with Crippen LogP contribution in [-0.2, 0) is 0 Å². The highest BCUT2D eigenvalue weighted by Crippen LogP contribution is 2.29. The highest BCUT2D eigenvalue weighted by molar-refractivity contribution is 5.86. The number of nitrogens with zero attached hydrogens (tertiary/aromatic N) is 3. The van der Waals surface area contributed by atoms with Gasteiger partial charge >= 0.3 is 0 Å². The summed E-state index contributed by atoms with van der Waals surface area (Å²) in [6.45, 7) is 2.28. The van der Waals surface area contributed by atoms with Crippen molar-refractivity contribution in [2.75, 3.05) is 11.1 Å². The number of nitrogens with two attached hydrogens (primary N) is 1. The van der Waals surface area contributed by atoms with Gasteiger partial charge in [0.25, 0.3) is 0 Å². The second-order valence-corrected chi connectivity index (χ2v) is 5.33. The summed E-state index contributed by atoms with van der Waals surface area (Å²) in [5.74, 6) is 1.97. The first-order chi connectivity index (χ1) is 9.26. The van der Waals surface area contributed by atoms with Gasteiger partial charge in [-0.05, 0) is 31.6 Å². The van der Waals surface area contributed by atoms with Crippen molar-refractivity contribution >= 4 is 22.8 Å². The van der Waals surface area contributed by atoms with Crippen molar-refractivity contribution in [1.82, 2.24) is 20.2 Å². The van der Waals surface area contributed by atoms with Gasteiger partial charge in [-0.3, -0.25) is 5.10 Å². The Balaban J connectivity index is 1.76. The fraction of sp³-hybridized carbons (Fsp3) is 0.615. The Morgan fingerprint density at radius 3 is 2.84 bits per heavy atom. The maximum Gasteiger partial charge on any atom is 0.224 e. The van der Waals surface area contributed by atoms with Crippen LogP contribution in [0.2, 0.25) is 0 Å². The molecule has 1 fully saturated rings. The Bertz CT molecular complexity index is 555. The van der Waals surface area contributed by atoms with Crippen molar-refractivity contribution in [3.63, 3.8) is 0 Å². The first-order valence-corrected chi connectivity index (χ1v) is 6.99. The molecule has 0 radical (unpaired) electrons. The van der Waals surface area contributed by atoms with Gasteiger partial charge in [-0.25, -0.2) is 0 Å². The van der Waals surface area contributed by atoms with Crippen LogP contribution in [0.5, 0.6) is 0 Å². The smallest absolute Gasteiger partial charge is 0.224 e. The summed E-state index contributed by atoms with van der Waals surface area (Å²) in [4.78, 5) is 8.43. The molecule has 19 heavy (non-hydrogen) atoms. The van der Waals surface area contributed by atoms with Gasteiger partial charge in [-0.15, -0.1) is 0 Å². The summed E-state index contributed by atoms with van der Waals surface area (Å²) < 4.78 is 0. The summed E-state index contributed by atoms with van der Waals surface area (Å²) in [7, 11) is 0. The maximum atomic E-state index is 5.72. The number of fused-ring (bicyclic) bond motifs is 1. The van der Waals surface area contributed by atoms with Gasteiger partial charge in [0.2, 0.25) is 5.95 Å². The third kappa shape index (κ3) is 2.47. The molecule has 0 aromatic carbocycles. The Morgan fingerprint density at radius 2 is 2.11 bits per heavy atom. The molecule has 1 aliphatic carbocycles. The van der Waals surface area contributed by atoms with Crippen molar-refractivity contribution in [2.45, 2.75) is 45.1 Å². The molecule has 0 saturated heterocycles. The van der Waals surface area contributed by atoms with E-state index in [4.69, 9.17) is 5.73 Å². The largest absolute Gasteiger partial charge is 0.368 e. The third-order valence-corrected chi connectivity index (χ3v) is 4.09. The number of nitrogen functional groups attached to an aromatic ring is 1. The molecule has 0 aliphatic heterocycles. The van der Waals surface area contributed by atoms with Crippen molar-refractivity contribution in [2.24, 2.45) is 5.92 Å². The van der Waals surface area contributed by atoms with E-state index in [-0.39, 0.29) is 5.95 Å². The minimum absolute atomic E-state index is 0.279. The molecule has 2 heterocycles. The van der Waals surface area contributed by atoms with Crippen LogP contribution < -0.4 is 11.1 Å². The van der Waals surface area contributed by atoms with Gasteiger partial charge in [0.15, 0.2) is 5.65 Å². The summed E-state index contributed by atoms with van der Waals surface area (Å²) >= 11 is 0. The number of hydrogen-bond donors (Lipinski definition) is 3. The lowest BCUT2D eigenvalue weighted by molar-refractivity contribution is 0.330. The molecule has 0 atom stereocenters. The lowest BCUT2D eigenvalue weighted by Crippen LogP contribution is -2.26. The fourth-order valence-electron chi connectivity index (χ4n) is 2.87. The van der Waals surface area contributed by atoms with Crippen molar-refractivity contribution in [3.05, 3.63) is 6.20 Å². The average molecular weight is 260 g/mol. The van der Waals surface area contributed by atoms with Crippen LogP contribution in [0.3, 0.4) is 0 Å². The van der Waals surface area contributed by atoms with E-state index < -0.39 is 0 Å². The minimum Gasteiger partial charge on any atom is -0.368 e. The molecule has 0 amide bonds. The average Bonchev–Trinajstić information content (AvgIpc) is 2.88. The van der Waals surface area contributed by atoms with Crippen molar-refractivity contribution in [1.29, 1.82) is 0 Å². The Hall–Kier alpha value is -1.85. The molecular formula is C13H20N6. The minimum atomic E-state index is 0.279. The van der Waals surface area contributed by atoms with Crippen molar-refractivity contribution in [3.8, 4) is 0 Å². The van der Waals surface area contributed by atoms with Gasteiger partial charge in [0.05, 0.1) is 11.6 Å². The molecule has 6 nitrogen and oxygen atoms in total. The standard InChI is InChI=1S/C13H20N6/c1-2-8-3-5-9(6-4-8)16-11-10-7-15-19-12(10)18-13(14)17-11/h7-9H,2-6H2,1H3,(H4,14,15,16,17,18,19). The number of aromatic amines is 1. The molecule has 0 spiro atoms. The zero-order chi connectivity index (χ0) is 13.2. The first kappa shape index (κ1) is 12.2. The van der Waals surface area contributed by atoms with E-state index in [0.717, 1.165) is 17.1 Å². The fourth-order valence-corrected chi connectivity index (χ4v) is 2.87. The molecule has 6 heteroatoms. The monoisotopic (exact) mass is 260 g/mol. The van der Waals surface area contributed by atoms with Crippen LogP contribution in [0, 0.1) is 5.92 Å². The van der Waals surface area contributed by atoms with E-state index in [0.29, 0.717) is 11.7 Å². The second kappa shape index (κ2) is 5.03. The molecule has 0 unspecified atom stereocenters. The molecule has 4 N–H and O–H groups in total. The highest BCUT2D eigenvalue weighted by atomic mass is 15.2. The molecule has 1 aliphatic rings. The topological polar surface area (TPSA) is 92.5 Å². The lowest BCUT2D eigenvalue weighted by atomic mass is 9.84. The number of aromatic nitrogens is 4. The van der Waals surface area contributed by atoms with E-state index in [9.17, 15) is 0 Å². The molecule has 2 aromatic heterocycles. The van der Waals surface area contributed by atoms with Crippen LogP contribution in [0.4, 0.5) is 11.8 Å².